The van der Waals surface area contributed by atoms with Gasteiger partial charge in [-0.1, -0.05) is 6.07 Å². The molecule has 0 spiro atoms. The second-order valence-corrected chi connectivity index (χ2v) is 5.02. The van der Waals surface area contributed by atoms with E-state index in [-0.39, 0.29) is 23.2 Å². The second-order valence-electron chi connectivity index (χ2n) is 5.02. The number of aromatic nitrogens is 2. The molecule has 0 saturated carbocycles. The Morgan fingerprint density at radius 2 is 1.83 bits per heavy atom. The molecule has 0 aliphatic carbocycles. The zero-order valence-electron chi connectivity index (χ0n) is 12.1. The Bertz CT molecular complexity index is 683. The second kappa shape index (κ2) is 6.66. The van der Waals surface area contributed by atoms with E-state index in [1.54, 1.807) is 0 Å². The molecule has 2 heterocycles. The van der Waals surface area contributed by atoms with Gasteiger partial charge in [0, 0.05) is 6.61 Å². The van der Waals surface area contributed by atoms with Crippen molar-refractivity contribution in [2.75, 3.05) is 17.2 Å². The number of nitrogens with one attached hydrogen (secondary N) is 2. The topological polar surface area (TPSA) is 76.1 Å². The van der Waals surface area contributed by atoms with Gasteiger partial charge in [0.15, 0.2) is 11.6 Å². The highest BCUT2D eigenvalue weighted by Gasteiger charge is 2.23. The van der Waals surface area contributed by atoms with E-state index in [2.05, 4.69) is 20.8 Å². The number of nitrogens with zero attached hydrogens (tertiary/aromatic N) is 2. The summed E-state index contributed by atoms with van der Waals surface area (Å²) >= 11 is 0. The van der Waals surface area contributed by atoms with Crippen molar-refractivity contribution in [2.45, 2.75) is 18.9 Å². The number of hydrogen-bond donors (Lipinski definition) is 2. The summed E-state index contributed by atoms with van der Waals surface area (Å²) in [5, 5.41) is 12.7. The summed E-state index contributed by atoms with van der Waals surface area (Å²) in [6, 6.07) is 6.49. The lowest BCUT2D eigenvalue weighted by molar-refractivity contribution is -0.124. The maximum atomic E-state index is 13.5. The summed E-state index contributed by atoms with van der Waals surface area (Å²) in [5.41, 5.74) is -0.307. The number of halogens is 2. The molecule has 3 rings (SSSR count). The van der Waals surface area contributed by atoms with Crippen LogP contribution in [0.5, 0.6) is 0 Å². The molecule has 1 aliphatic heterocycles. The number of ether oxygens (including phenoxy) is 1. The molecule has 8 heteroatoms. The summed E-state index contributed by atoms with van der Waals surface area (Å²) < 4.78 is 32.3. The number of para-hydroxylation sites is 1. The van der Waals surface area contributed by atoms with Crippen molar-refractivity contribution in [1.82, 2.24) is 10.2 Å². The summed E-state index contributed by atoms with van der Waals surface area (Å²) in [6.45, 7) is 0.570. The Hall–Kier alpha value is -2.61. The molecule has 1 saturated heterocycles. The zero-order valence-corrected chi connectivity index (χ0v) is 12.1. The molecular weight excluding hydrogens is 306 g/mol. The standard InChI is InChI=1S/C15H14F2N4O2/c16-9-3-1-4-10(17)14(9)18-12-6-7-13(21-20-12)19-15(22)11-5-2-8-23-11/h1,3-4,6-7,11H,2,5,8H2,(H,18,20)(H,19,21,22). The van der Waals surface area contributed by atoms with Crippen LogP contribution in [0.2, 0.25) is 0 Å². The van der Waals surface area contributed by atoms with Gasteiger partial charge in [-0.15, -0.1) is 10.2 Å². The van der Waals surface area contributed by atoms with Gasteiger partial charge in [0.25, 0.3) is 5.91 Å². The van der Waals surface area contributed by atoms with Crippen molar-refractivity contribution < 1.29 is 18.3 Å². The van der Waals surface area contributed by atoms with Crippen molar-refractivity contribution in [3.63, 3.8) is 0 Å². The van der Waals surface area contributed by atoms with Crippen LogP contribution >= 0.6 is 0 Å². The van der Waals surface area contributed by atoms with Crippen molar-refractivity contribution in [2.24, 2.45) is 0 Å². The van der Waals surface area contributed by atoms with Crippen LogP contribution < -0.4 is 10.6 Å². The molecule has 0 radical (unpaired) electrons. The highest BCUT2D eigenvalue weighted by atomic mass is 19.1. The minimum Gasteiger partial charge on any atom is -0.368 e. The van der Waals surface area contributed by atoms with Crippen molar-refractivity contribution in [3.8, 4) is 0 Å². The van der Waals surface area contributed by atoms with E-state index < -0.39 is 17.7 Å². The van der Waals surface area contributed by atoms with Gasteiger partial charge in [0.05, 0.1) is 0 Å². The minimum atomic E-state index is -0.734. The summed E-state index contributed by atoms with van der Waals surface area (Å²) in [7, 11) is 0. The first kappa shape index (κ1) is 15.3. The van der Waals surface area contributed by atoms with Crippen LogP contribution in [-0.4, -0.2) is 28.8 Å². The fourth-order valence-corrected chi connectivity index (χ4v) is 2.20. The number of anilines is 3. The predicted molar refractivity (Wildman–Crippen MR) is 79.3 cm³/mol. The van der Waals surface area contributed by atoms with Crippen LogP contribution in [0.15, 0.2) is 30.3 Å². The molecular formula is C15H14F2N4O2. The van der Waals surface area contributed by atoms with Crippen LogP contribution in [0.4, 0.5) is 26.1 Å². The lowest BCUT2D eigenvalue weighted by Gasteiger charge is -2.10. The van der Waals surface area contributed by atoms with E-state index in [0.29, 0.717) is 13.0 Å². The third-order valence-corrected chi connectivity index (χ3v) is 3.35. The van der Waals surface area contributed by atoms with Gasteiger partial charge in [0.1, 0.15) is 23.4 Å². The quantitative estimate of drug-likeness (QED) is 0.905. The zero-order chi connectivity index (χ0) is 16.2. The SMILES string of the molecule is O=C(Nc1ccc(Nc2c(F)cccc2F)nn1)C1CCCO1. The fourth-order valence-electron chi connectivity index (χ4n) is 2.20. The molecule has 0 bridgehead atoms. The normalized spacial score (nSPS) is 17.0. The van der Waals surface area contributed by atoms with Crippen LogP contribution in [0.1, 0.15) is 12.8 Å². The Kier molecular flexibility index (Phi) is 4.42. The largest absolute Gasteiger partial charge is 0.368 e. The van der Waals surface area contributed by atoms with Crippen LogP contribution in [0, 0.1) is 11.6 Å². The lowest BCUT2D eigenvalue weighted by atomic mass is 10.2. The first-order valence-electron chi connectivity index (χ1n) is 7.11. The Balaban J connectivity index is 1.66. The smallest absolute Gasteiger partial charge is 0.254 e. The average Bonchev–Trinajstić information content (AvgIpc) is 3.07. The van der Waals surface area contributed by atoms with E-state index in [0.717, 1.165) is 18.6 Å². The highest BCUT2D eigenvalue weighted by molar-refractivity contribution is 5.93. The summed E-state index contributed by atoms with van der Waals surface area (Å²) in [5.74, 6) is -1.35. The predicted octanol–water partition coefficient (Wildman–Crippen LogP) is 2.62. The third kappa shape index (κ3) is 3.59. The Labute approximate surface area is 130 Å². The number of amides is 1. The molecule has 1 amide bonds. The molecule has 1 aromatic heterocycles. The highest BCUT2D eigenvalue weighted by Crippen LogP contribution is 2.22. The van der Waals surface area contributed by atoms with E-state index in [1.165, 1.54) is 18.2 Å². The number of carbonyl (C=O) groups is 1. The molecule has 23 heavy (non-hydrogen) atoms. The number of hydrogen-bond acceptors (Lipinski definition) is 5. The molecule has 2 N–H and O–H groups in total. The average molecular weight is 320 g/mol. The van der Waals surface area contributed by atoms with Gasteiger partial charge in [-0.25, -0.2) is 8.78 Å². The maximum absolute atomic E-state index is 13.5. The van der Waals surface area contributed by atoms with Crippen LogP contribution in [0.25, 0.3) is 0 Å². The van der Waals surface area contributed by atoms with Gasteiger partial charge >= 0.3 is 0 Å². The molecule has 1 unspecified atom stereocenters. The van der Waals surface area contributed by atoms with Gasteiger partial charge in [-0.3, -0.25) is 4.79 Å². The van der Waals surface area contributed by atoms with Gasteiger partial charge in [0.2, 0.25) is 0 Å². The molecule has 1 aromatic carbocycles. The van der Waals surface area contributed by atoms with Crippen molar-refractivity contribution in [3.05, 3.63) is 42.0 Å². The first-order chi connectivity index (χ1) is 11.1. The monoisotopic (exact) mass is 320 g/mol. The molecule has 2 aromatic rings. The van der Waals surface area contributed by atoms with Crippen molar-refractivity contribution >= 4 is 23.2 Å². The van der Waals surface area contributed by atoms with Crippen molar-refractivity contribution in [1.29, 1.82) is 0 Å². The summed E-state index contributed by atoms with van der Waals surface area (Å²) in [6.07, 6.45) is 1.05. The third-order valence-electron chi connectivity index (χ3n) is 3.35. The van der Waals surface area contributed by atoms with Gasteiger partial charge in [-0.2, -0.15) is 0 Å². The molecule has 1 fully saturated rings. The van der Waals surface area contributed by atoms with E-state index >= 15 is 0 Å². The number of benzene rings is 1. The van der Waals surface area contributed by atoms with E-state index in [1.807, 2.05) is 0 Å². The summed E-state index contributed by atoms with van der Waals surface area (Å²) in [4.78, 5) is 11.9. The Morgan fingerprint density at radius 1 is 1.13 bits per heavy atom. The molecule has 120 valence electrons. The minimum absolute atomic E-state index is 0.157. The van der Waals surface area contributed by atoms with Gasteiger partial charge < -0.3 is 15.4 Å². The van der Waals surface area contributed by atoms with E-state index in [9.17, 15) is 13.6 Å². The first-order valence-corrected chi connectivity index (χ1v) is 7.11. The van der Waals surface area contributed by atoms with Gasteiger partial charge in [-0.05, 0) is 37.1 Å². The fraction of sp³-hybridized carbons (Fsp3) is 0.267. The lowest BCUT2D eigenvalue weighted by Crippen LogP contribution is -2.27. The number of rotatable bonds is 4. The molecule has 1 atom stereocenters. The molecule has 6 nitrogen and oxygen atoms in total. The Morgan fingerprint density at radius 3 is 2.43 bits per heavy atom. The van der Waals surface area contributed by atoms with Crippen LogP contribution in [-0.2, 0) is 9.53 Å². The molecule has 1 aliphatic rings. The maximum Gasteiger partial charge on any atom is 0.254 e. The number of carbonyl (C=O) groups excluding carboxylic acids is 1. The van der Waals surface area contributed by atoms with E-state index in [4.69, 9.17) is 4.74 Å². The van der Waals surface area contributed by atoms with Crippen LogP contribution in [0.3, 0.4) is 0 Å².